The maximum absolute atomic E-state index is 12.8. The van der Waals surface area contributed by atoms with Gasteiger partial charge in [0.1, 0.15) is 0 Å². The fraction of sp³-hybridized carbons (Fsp3) is 0.364. The molecular formula is C22H27N3O3. The van der Waals surface area contributed by atoms with Crippen molar-refractivity contribution in [2.24, 2.45) is 0 Å². The Kier molecular flexibility index (Phi) is 6.66. The van der Waals surface area contributed by atoms with Crippen LogP contribution in [0.4, 0.5) is 0 Å². The lowest BCUT2D eigenvalue weighted by molar-refractivity contribution is -0.121. The van der Waals surface area contributed by atoms with Crippen molar-refractivity contribution in [3.05, 3.63) is 70.1 Å². The van der Waals surface area contributed by atoms with Gasteiger partial charge in [0.05, 0.1) is 17.6 Å². The highest BCUT2D eigenvalue weighted by molar-refractivity contribution is 5.78. The molecule has 28 heavy (non-hydrogen) atoms. The number of carbonyl (C=O) groups excluding carboxylic acids is 1. The van der Waals surface area contributed by atoms with Crippen molar-refractivity contribution in [1.29, 1.82) is 0 Å². The van der Waals surface area contributed by atoms with Crippen molar-refractivity contribution in [3.63, 3.8) is 0 Å². The Bertz CT molecular complexity index is 1000. The van der Waals surface area contributed by atoms with Crippen LogP contribution in [0.25, 0.3) is 11.0 Å². The zero-order chi connectivity index (χ0) is 19.9. The van der Waals surface area contributed by atoms with E-state index in [1.54, 1.807) is 16.2 Å². The predicted molar refractivity (Wildman–Crippen MR) is 110 cm³/mol. The first-order valence-electron chi connectivity index (χ1n) is 9.66. The number of para-hydroxylation sites is 2. The number of benzene rings is 2. The molecule has 1 aromatic heterocycles. The number of methoxy groups -OCH3 is 1. The first-order valence-corrected chi connectivity index (χ1v) is 9.66. The van der Waals surface area contributed by atoms with E-state index in [-0.39, 0.29) is 18.0 Å². The number of aromatic nitrogens is 2. The number of ether oxygens (including phenoxy) is 1. The standard InChI is InChI=1S/C22H27N3O3/c1-3-13-24-19-10-6-7-11-20(19)25(22(24)27)14-12-21(26)23-15-17-8-4-5-9-18(17)16-28-2/h4-11H,3,12-16H2,1-2H3,(H,23,26). The highest BCUT2D eigenvalue weighted by Crippen LogP contribution is 2.14. The molecule has 0 aliphatic heterocycles. The van der Waals surface area contributed by atoms with Gasteiger partial charge in [-0.2, -0.15) is 0 Å². The number of fused-ring (bicyclic) bond motifs is 1. The molecule has 0 spiro atoms. The molecule has 0 radical (unpaired) electrons. The Labute approximate surface area is 164 Å². The summed E-state index contributed by atoms with van der Waals surface area (Å²) in [6.45, 7) is 4.05. The Morgan fingerprint density at radius 1 is 0.964 bits per heavy atom. The van der Waals surface area contributed by atoms with E-state index >= 15 is 0 Å². The summed E-state index contributed by atoms with van der Waals surface area (Å²) in [6, 6.07) is 15.6. The molecule has 148 valence electrons. The number of hydrogen-bond acceptors (Lipinski definition) is 3. The largest absolute Gasteiger partial charge is 0.380 e. The predicted octanol–water partition coefficient (Wildman–Crippen LogP) is 3.07. The van der Waals surface area contributed by atoms with Crippen LogP contribution in [0.3, 0.4) is 0 Å². The summed E-state index contributed by atoms with van der Waals surface area (Å²) in [5, 5.41) is 2.95. The van der Waals surface area contributed by atoms with Gasteiger partial charge in [0.2, 0.25) is 5.91 Å². The number of amides is 1. The maximum atomic E-state index is 12.8. The van der Waals surface area contributed by atoms with Crippen molar-refractivity contribution in [2.45, 2.75) is 46.0 Å². The molecule has 0 fully saturated rings. The van der Waals surface area contributed by atoms with Crippen LogP contribution in [0, 0.1) is 0 Å². The zero-order valence-electron chi connectivity index (χ0n) is 16.5. The second-order valence-corrected chi connectivity index (χ2v) is 6.80. The molecule has 1 amide bonds. The van der Waals surface area contributed by atoms with Gasteiger partial charge in [-0.3, -0.25) is 13.9 Å². The molecule has 1 N–H and O–H groups in total. The Balaban J connectivity index is 1.67. The van der Waals surface area contributed by atoms with Crippen LogP contribution in [-0.4, -0.2) is 22.2 Å². The Hall–Kier alpha value is -2.86. The molecule has 6 nitrogen and oxygen atoms in total. The summed E-state index contributed by atoms with van der Waals surface area (Å²) in [5.41, 5.74) is 3.84. The number of imidazole rings is 1. The van der Waals surface area contributed by atoms with Crippen LogP contribution in [-0.2, 0) is 35.8 Å². The SMILES string of the molecule is CCCn1c(=O)n(CCC(=O)NCc2ccccc2COC)c2ccccc21. The molecule has 3 rings (SSSR count). The van der Waals surface area contributed by atoms with Gasteiger partial charge in [0.25, 0.3) is 0 Å². The lowest BCUT2D eigenvalue weighted by Crippen LogP contribution is -2.28. The molecule has 0 saturated heterocycles. The average Bonchev–Trinajstić information content (AvgIpc) is 2.98. The summed E-state index contributed by atoms with van der Waals surface area (Å²) in [7, 11) is 1.65. The van der Waals surface area contributed by atoms with E-state index in [1.165, 1.54) is 0 Å². The van der Waals surface area contributed by atoms with E-state index in [0.29, 0.717) is 26.2 Å². The normalized spacial score (nSPS) is 11.1. The third-order valence-corrected chi connectivity index (χ3v) is 4.83. The highest BCUT2D eigenvalue weighted by Gasteiger charge is 2.13. The third-order valence-electron chi connectivity index (χ3n) is 4.83. The van der Waals surface area contributed by atoms with Crippen molar-refractivity contribution >= 4 is 16.9 Å². The highest BCUT2D eigenvalue weighted by atomic mass is 16.5. The van der Waals surface area contributed by atoms with Gasteiger partial charge in [-0.15, -0.1) is 0 Å². The van der Waals surface area contributed by atoms with Crippen LogP contribution in [0.15, 0.2) is 53.3 Å². The number of carbonyl (C=O) groups is 1. The summed E-state index contributed by atoms with van der Waals surface area (Å²) in [4.78, 5) is 25.1. The number of rotatable bonds is 9. The second kappa shape index (κ2) is 9.37. The molecule has 1 heterocycles. The summed E-state index contributed by atoms with van der Waals surface area (Å²) < 4.78 is 8.69. The molecule has 2 aromatic carbocycles. The molecule has 0 aliphatic carbocycles. The zero-order valence-corrected chi connectivity index (χ0v) is 16.5. The number of nitrogens with one attached hydrogen (secondary N) is 1. The Morgan fingerprint density at radius 2 is 1.57 bits per heavy atom. The molecule has 0 bridgehead atoms. The fourth-order valence-electron chi connectivity index (χ4n) is 3.45. The van der Waals surface area contributed by atoms with Crippen molar-refractivity contribution in [2.75, 3.05) is 7.11 Å². The van der Waals surface area contributed by atoms with E-state index in [4.69, 9.17) is 4.74 Å². The molecule has 6 heteroatoms. The van der Waals surface area contributed by atoms with Crippen molar-refractivity contribution in [1.82, 2.24) is 14.5 Å². The van der Waals surface area contributed by atoms with Crippen LogP contribution in [0.2, 0.25) is 0 Å². The van der Waals surface area contributed by atoms with Crippen LogP contribution < -0.4 is 11.0 Å². The van der Waals surface area contributed by atoms with Crippen LogP contribution in [0.5, 0.6) is 0 Å². The van der Waals surface area contributed by atoms with Crippen molar-refractivity contribution < 1.29 is 9.53 Å². The lowest BCUT2D eigenvalue weighted by Gasteiger charge is -2.10. The van der Waals surface area contributed by atoms with Crippen LogP contribution >= 0.6 is 0 Å². The third kappa shape index (κ3) is 4.34. The number of nitrogens with zero attached hydrogens (tertiary/aromatic N) is 2. The van der Waals surface area contributed by atoms with Gasteiger partial charge >= 0.3 is 5.69 Å². The Morgan fingerprint density at radius 3 is 2.21 bits per heavy atom. The molecule has 0 saturated carbocycles. The summed E-state index contributed by atoms with van der Waals surface area (Å²) in [6.07, 6.45) is 1.14. The van der Waals surface area contributed by atoms with Gasteiger partial charge in [-0.05, 0) is 29.7 Å². The monoisotopic (exact) mass is 381 g/mol. The van der Waals surface area contributed by atoms with E-state index in [2.05, 4.69) is 5.32 Å². The molecule has 0 aliphatic rings. The van der Waals surface area contributed by atoms with E-state index < -0.39 is 0 Å². The fourth-order valence-corrected chi connectivity index (χ4v) is 3.45. The van der Waals surface area contributed by atoms with Gasteiger partial charge < -0.3 is 10.1 Å². The molecule has 0 atom stereocenters. The van der Waals surface area contributed by atoms with Gasteiger partial charge in [-0.25, -0.2) is 4.79 Å². The molecular weight excluding hydrogens is 354 g/mol. The van der Waals surface area contributed by atoms with Crippen LogP contribution in [0.1, 0.15) is 30.9 Å². The number of aryl methyl sites for hydroxylation is 2. The van der Waals surface area contributed by atoms with Crippen molar-refractivity contribution in [3.8, 4) is 0 Å². The van der Waals surface area contributed by atoms with E-state index in [9.17, 15) is 9.59 Å². The van der Waals surface area contributed by atoms with Gasteiger partial charge in [0, 0.05) is 33.2 Å². The maximum Gasteiger partial charge on any atom is 0.329 e. The minimum Gasteiger partial charge on any atom is -0.380 e. The topological polar surface area (TPSA) is 65.3 Å². The molecule has 0 unspecified atom stereocenters. The quantitative estimate of drug-likeness (QED) is 0.620. The summed E-state index contributed by atoms with van der Waals surface area (Å²) in [5.74, 6) is -0.0774. The first-order chi connectivity index (χ1) is 13.7. The molecule has 3 aromatic rings. The lowest BCUT2D eigenvalue weighted by atomic mass is 10.1. The van der Waals surface area contributed by atoms with Gasteiger partial charge in [0.15, 0.2) is 0 Å². The number of hydrogen-bond donors (Lipinski definition) is 1. The van der Waals surface area contributed by atoms with E-state index in [1.807, 2.05) is 55.5 Å². The first kappa shape index (κ1) is 19.9. The minimum absolute atomic E-state index is 0.0544. The smallest absolute Gasteiger partial charge is 0.329 e. The second-order valence-electron chi connectivity index (χ2n) is 6.80. The summed E-state index contributed by atoms with van der Waals surface area (Å²) >= 11 is 0. The average molecular weight is 381 g/mol. The van der Waals surface area contributed by atoms with Gasteiger partial charge in [-0.1, -0.05) is 43.3 Å². The van der Waals surface area contributed by atoms with E-state index in [0.717, 1.165) is 28.6 Å². The minimum atomic E-state index is -0.0774.